The highest BCUT2D eigenvalue weighted by atomic mass is 32.2. The van der Waals surface area contributed by atoms with Crippen LogP contribution in [0.3, 0.4) is 0 Å². The first kappa shape index (κ1) is 16.7. The molecule has 0 radical (unpaired) electrons. The number of hydrogen-bond donors (Lipinski definition) is 2. The highest BCUT2D eigenvalue weighted by Crippen LogP contribution is 2.22. The molecular formula is C17H22N6S. The van der Waals surface area contributed by atoms with Crippen molar-refractivity contribution in [3.63, 3.8) is 0 Å². The number of rotatable bonds is 4. The molecule has 2 aliphatic heterocycles. The Morgan fingerprint density at radius 2 is 2.29 bits per heavy atom. The summed E-state index contributed by atoms with van der Waals surface area (Å²) < 4.78 is 1.84. The highest BCUT2D eigenvalue weighted by molar-refractivity contribution is 7.98. The van der Waals surface area contributed by atoms with Crippen molar-refractivity contribution in [3.8, 4) is 0 Å². The van der Waals surface area contributed by atoms with E-state index in [4.69, 9.17) is 5.41 Å². The van der Waals surface area contributed by atoms with E-state index in [1.165, 1.54) is 17.3 Å². The molecule has 2 N–H and O–H groups in total. The highest BCUT2D eigenvalue weighted by Gasteiger charge is 2.15. The van der Waals surface area contributed by atoms with Gasteiger partial charge in [0, 0.05) is 44.3 Å². The van der Waals surface area contributed by atoms with Crippen LogP contribution < -0.4 is 10.8 Å². The van der Waals surface area contributed by atoms with Crippen LogP contribution in [0.5, 0.6) is 0 Å². The zero-order valence-electron chi connectivity index (χ0n) is 14.0. The first-order chi connectivity index (χ1) is 11.6. The third kappa shape index (κ3) is 3.37. The van der Waals surface area contributed by atoms with Crippen LogP contribution in [0.1, 0.15) is 18.5 Å². The first-order valence-electron chi connectivity index (χ1n) is 7.88. The van der Waals surface area contributed by atoms with E-state index in [0.29, 0.717) is 16.9 Å². The van der Waals surface area contributed by atoms with Crippen LogP contribution in [-0.2, 0) is 0 Å². The van der Waals surface area contributed by atoms with Crippen molar-refractivity contribution >= 4 is 29.2 Å². The van der Waals surface area contributed by atoms with Crippen LogP contribution >= 0.6 is 11.8 Å². The minimum Gasteiger partial charge on any atom is -0.312 e. The maximum absolute atomic E-state index is 8.47. The van der Waals surface area contributed by atoms with Crippen molar-refractivity contribution in [1.82, 2.24) is 19.9 Å². The summed E-state index contributed by atoms with van der Waals surface area (Å²) in [6, 6.07) is 0. The molecule has 1 aromatic rings. The number of hydrazone groups is 1. The number of aromatic nitrogens is 2. The lowest BCUT2D eigenvalue weighted by atomic mass is 10.1. The van der Waals surface area contributed by atoms with Crippen LogP contribution in [0.2, 0.25) is 0 Å². The number of hydrogen-bond acceptors (Lipinski definition) is 6. The zero-order chi connectivity index (χ0) is 17.1. The van der Waals surface area contributed by atoms with E-state index in [0.717, 1.165) is 36.5 Å². The van der Waals surface area contributed by atoms with E-state index >= 15 is 0 Å². The summed E-state index contributed by atoms with van der Waals surface area (Å²) in [4.78, 5) is 4.67. The first-order valence-corrected chi connectivity index (χ1v) is 9.10. The lowest BCUT2D eigenvalue weighted by Gasteiger charge is -2.21. The standard InChI is InChI=1S/C17H22N6S/c1-12(14-6-8-20-22(2)10-14)23-11-15(13-5-4-7-19-9-13)21-17(24-3)16(23)18/h5,8,10-11,18-19H,1,4,6-7,9H2,2-3H3. The summed E-state index contributed by atoms with van der Waals surface area (Å²) in [5.41, 5.74) is 4.29. The van der Waals surface area contributed by atoms with Crippen LogP contribution in [-0.4, -0.2) is 47.2 Å². The Morgan fingerprint density at radius 1 is 1.46 bits per heavy atom. The van der Waals surface area contributed by atoms with Gasteiger partial charge in [-0.3, -0.25) is 15.0 Å². The number of nitrogens with zero attached hydrogens (tertiary/aromatic N) is 4. The van der Waals surface area contributed by atoms with Gasteiger partial charge in [0.25, 0.3) is 0 Å². The SMILES string of the molecule is C=C(C1=CN(C)N=CC1)n1cc(C2=CCCNC2)nc(SC)c1=N. The van der Waals surface area contributed by atoms with Crippen molar-refractivity contribution in [2.45, 2.75) is 17.9 Å². The molecule has 0 spiro atoms. The van der Waals surface area contributed by atoms with Gasteiger partial charge in [-0.15, -0.1) is 11.8 Å². The molecular weight excluding hydrogens is 320 g/mol. The van der Waals surface area contributed by atoms with Crippen molar-refractivity contribution in [2.24, 2.45) is 5.10 Å². The molecule has 126 valence electrons. The van der Waals surface area contributed by atoms with Crippen molar-refractivity contribution < 1.29 is 0 Å². The summed E-state index contributed by atoms with van der Waals surface area (Å²) >= 11 is 1.49. The molecule has 0 atom stereocenters. The van der Waals surface area contributed by atoms with Gasteiger partial charge in [-0.25, -0.2) is 4.98 Å². The molecule has 24 heavy (non-hydrogen) atoms. The second-order valence-electron chi connectivity index (χ2n) is 5.73. The van der Waals surface area contributed by atoms with Crippen LogP contribution in [0, 0.1) is 5.41 Å². The maximum Gasteiger partial charge on any atom is 0.162 e. The maximum atomic E-state index is 8.47. The van der Waals surface area contributed by atoms with E-state index < -0.39 is 0 Å². The molecule has 0 fully saturated rings. The number of thioether (sulfide) groups is 1. The molecule has 7 heteroatoms. The second-order valence-corrected chi connectivity index (χ2v) is 6.52. The lowest BCUT2D eigenvalue weighted by Crippen LogP contribution is -2.27. The van der Waals surface area contributed by atoms with Crippen LogP contribution in [0.15, 0.2) is 40.8 Å². The average molecular weight is 342 g/mol. The second kappa shape index (κ2) is 7.19. The van der Waals surface area contributed by atoms with Gasteiger partial charge in [0.2, 0.25) is 0 Å². The summed E-state index contributed by atoms with van der Waals surface area (Å²) in [5.74, 6) is 0. The third-order valence-electron chi connectivity index (χ3n) is 4.05. The molecule has 6 nitrogen and oxygen atoms in total. The lowest BCUT2D eigenvalue weighted by molar-refractivity contribution is 0.481. The van der Waals surface area contributed by atoms with E-state index in [2.05, 4.69) is 28.1 Å². The Kier molecular flexibility index (Phi) is 5.01. The van der Waals surface area contributed by atoms with Crippen molar-refractivity contribution in [1.29, 1.82) is 5.41 Å². The van der Waals surface area contributed by atoms with Crippen molar-refractivity contribution in [2.75, 3.05) is 26.4 Å². The van der Waals surface area contributed by atoms with Gasteiger partial charge in [0.05, 0.1) is 5.69 Å². The minimum atomic E-state index is 0.367. The summed E-state index contributed by atoms with van der Waals surface area (Å²) in [5, 5.41) is 18.5. The Balaban J connectivity index is 2.05. The van der Waals surface area contributed by atoms with Gasteiger partial charge in [0.1, 0.15) is 5.03 Å². The Morgan fingerprint density at radius 3 is 2.96 bits per heavy atom. The van der Waals surface area contributed by atoms with E-state index in [1.807, 2.05) is 36.5 Å². The molecule has 0 unspecified atom stereocenters. The predicted octanol–water partition coefficient (Wildman–Crippen LogP) is 2.14. The van der Waals surface area contributed by atoms with Crippen LogP contribution in [0.25, 0.3) is 11.3 Å². The monoisotopic (exact) mass is 342 g/mol. The van der Waals surface area contributed by atoms with E-state index in [-0.39, 0.29) is 0 Å². The third-order valence-corrected chi connectivity index (χ3v) is 4.72. The zero-order valence-corrected chi connectivity index (χ0v) is 14.9. The molecule has 0 saturated heterocycles. The fraction of sp³-hybridized carbons (Fsp3) is 0.353. The van der Waals surface area contributed by atoms with E-state index in [9.17, 15) is 0 Å². The molecule has 0 amide bonds. The molecule has 1 aromatic heterocycles. The molecule has 3 rings (SSSR count). The Bertz CT molecular complexity index is 802. The van der Waals surface area contributed by atoms with Crippen LogP contribution in [0.4, 0.5) is 0 Å². The molecule has 3 heterocycles. The molecule has 0 aromatic carbocycles. The summed E-state index contributed by atoms with van der Waals surface area (Å²) in [6.45, 7) is 6.03. The van der Waals surface area contributed by atoms with Gasteiger partial charge >= 0.3 is 0 Å². The summed E-state index contributed by atoms with van der Waals surface area (Å²) in [7, 11) is 1.89. The average Bonchev–Trinajstić information content (AvgIpc) is 2.62. The fourth-order valence-corrected chi connectivity index (χ4v) is 3.24. The number of allylic oxidation sites excluding steroid dienone is 2. The predicted molar refractivity (Wildman–Crippen MR) is 99.6 cm³/mol. The summed E-state index contributed by atoms with van der Waals surface area (Å²) in [6.07, 6.45) is 11.6. The number of nitrogens with one attached hydrogen (secondary N) is 2. The Labute approximate surface area is 146 Å². The van der Waals surface area contributed by atoms with Gasteiger partial charge < -0.3 is 5.32 Å². The Hall–Kier alpha value is -2.12. The largest absolute Gasteiger partial charge is 0.312 e. The van der Waals surface area contributed by atoms with Crippen molar-refractivity contribution in [3.05, 3.63) is 41.8 Å². The van der Waals surface area contributed by atoms with Gasteiger partial charge in [-0.05, 0) is 30.4 Å². The smallest absolute Gasteiger partial charge is 0.162 e. The fourth-order valence-electron chi connectivity index (χ4n) is 2.76. The molecule has 0 aliphatic carbocycles. The van der Waals surface area contributed by atoms with Gasteiger partial charge in [-0.2, -0.15) is 5.10 Å². The quantitative estimate of drug-likeness (QED) is 0.823. The minimum absolute atomic E-state index is 0.367. The van der Waals surface area contributed by atoms with Gasteiger partial charge in [0.15, 0.2) is 5.49 Å². The molecule has 2 aliphatic rings. The molecule has 0 saturated carbocycles. The molecule has 0 bridgehead atoms. The normalized spacial score (nSPS) is 17.5. The van der Waals surface area contributed by atoms with E-state index in [1.54, 1.807) is 5.01 Å². The van der Waals surface area contributed by atoms with Gasteiger partial charge in [-0.1, -0.05) is 12.7 Å². The topological polar surface area (TPSA) is 69.3 Å².